The largest absolute Gasteiger partial charge is 0.314 e. The number of rotatable bonds is 6. The minimum absolute atomic E-state index is 1.10. The lowest BCUT2D eigenvalue weighted by Gasteiger charge is -2.26. The van der Waals surface area contributed by atoms with Crippen molar-refractivity contribution in [1.29, 1.82) is 0 Å². The van der Waals surface area contributed by atoms with E-state index in [1.54, 1.807) is 0 Å². The van der Waals surface area contributed by atoms with Crippen LogP contribution >= 0.6 is 0 Å². The molecule has 0 bridgehead atoms. The fraction of sp³-hybridized carbons (Fsp3) is 0. The van der Waals surface area contributed by atoms with Crippen LogP contribution in [0.25, 0.3) is 55.2 Å². The Bertz CT molecular complexity index is 2450. The smallest absolute Gasteiger partial charge is 0.0788 e. The second-order valence-electron chi connectivity index (χ2n) is 11.9. The maximum absolute atomic E-state index is 2.46. The zero-order chi connectivity index (χ0) is 31.2. The maximum atomic E-state index is 2.46. The highest BCUT2D eigenvalue weighted by Gasteiger charge is 2.21. The first-order valence-corrected chi connectivity index (χ1v) is 16.0. The van der Waals surface area contributed by atoms with Gasteiger partial charge < -0.3 is 14.0 Å². The molecule has 0 atom stereocenters. The third-order valence-electron chi connectivity index (χ3n) is 9.09. The molecule has 9 rings (SSSR count). The lowest BCUT2D eigenvalue weighted by molar-refractivity contribution is 1.11. The molecule has 2 aromatic heterocycles. The van der Waals surface area contributed by atoms with Crippen molar-refractivity contribution < 1.29 is 0 Å². The summed E-state index contributed by atoms with van der Waals surface area (Å²) in [7, 11) is 0. The predicted octanol–water partition coefficient (Wildman–Crippen LogP) is 11.9. The number of hydrogen-bond acceptors (Lipinski definition) is 1. The Morgan fingerprint density at radius 2 is 0.936 bits per heavy atom. The van der Waals surface area contributed by atoms with E-state index in [4.69, 9.17) is 0 Å². The van der Waals surface area contributed by atoms with Gasteiger partial charge in [0.15, 0.2) is 0 Å². The number of benzene rings is 7. The van der Waals surface area contributed by atoms with Crippen LogP contribution in [-0.4, -0.2) is 9.13 Å². The van der Waals surface area contributed by atoms with Gasteiger partial charge in [-0.05, 0) is 66.2 Å². The van der Waals surface area contributed by atoms with E-state index in [-0.39, 0.29) is 0 Å². The van der Waals surface area contributed by atoms with Gasteiger partial charge in [0.25, 0.3) is 0 Å². The summed E-state index contributed by atoms with van der Waals surface area (Å²) in [5.41, 5.74) is 11.6. The Kier molecular flexibility index (Phi) is 6.46. The summed E-state index contributed by atoms with van der Waals surface area (Å²) in [6.07, 6.45) is 2.31. The summed E-state index contributed by atoms with van der Waals surface area (Å²) in [5.74, 6) is 0. The van der Waals surface area contributed by atoms with Crippen LogP contribution in [0.4, 0.5) is 17.1 Å². The molecule has 47 heavy (non-hydrogen) atoms. The highest BCUT2D eigenvalue weighted by molar-refractivity contribution is 6.20. The first-order chi connectivity index (χ1) is 23.3. The van der Waals surface area contributed by atoms with Crippen molar-refractivity contribution in [3.63, 3.8) is 0 Å². The van der Waals surface area contributed by atoms with Gasteiger partial charge >= 0.3 is 0 Å². The summed E-state index contributed by atoms with van der Waals surface area (Å²) in [5, 5.41) is 3.69. The molecule has 7 aromatic carbocycles. The topological polar surface area (TPSA) is 13.1 Å². The highest BCUT2D eigenvalue weighted by atomic mass is 15.1. The summed E-state index contributed by atoms with van der Waals surface area (Å²) in [4.78, 5) is 2.33. The number of nitrogens with zero attached hydrogens (tertiary/aromatic N) is 3. The Labute approximate surface area is 273 Å². The molecule has 0 N–H and O–H groups in total. The SMILES string of the molecule is c1ccc(-c2cn(-c3ccccc3)c3c2ccc2c4ccccc4n(-c4cccc(N(c5ccccc5)c5ccccc5)c4)c23)cc1. The summed E-state index contributed by atoms with van der Waals surface area (Å²) in [6, 6.07) is 64.9. The number of hydrogen-bond donors (Lipinski definition) is 0. The molecule has 9 aromatic rings. The van der Waals surface area contributed by atoms with E-state index in [0.717, 1.165) is 28.4 Å². The Morgan fingerprint density at radius 3 is 1.64 bits per heavy atom. The molecule has 0 aliphatic heterocycles. The molecule has 0 aliphatic rings. The van der Waals surface area contributed by atoms with E-state index in [2.05, 4.69) is 202 Å². The first kappa shape index (κ1) is 27.0. The number of para-hydroxylation sites is 4. The lowest BCUT2D eigenvalue weighted by Crippen LogP contribution is -2.10. The van der Waals surface area contributed by atoms with E-state index >= 15 is 0 Å². The van der Waals surface area contributed by atoms with Crippen LogP contribution in [0.1, 0.15) is 0 Å². The van der Waals surface area contributed by atoms with Gasteiger partial charge in [-0.3, -0.25) is 0 Å². The molecule has 3 nitrogen and oxygen atoms in total. The minimum Gasteiger partial charge on any atom is -0.314 e. The second kappa shape index (κ2) is 11.2. The average molecular weight is 602 g/mol. The van der Waals surface area contributed by atoms with Gasteiger partial charge in [0.05, 0.1) is 16.6 Å². The fourth-order valence-corrected chi connectivity index (χ4v) is 7.05. The van der Waals surface area contributed by atoms with Crippen LogP contribution < -0.4 is 4.90 Å². The van der Waals surface area contributed by atoms with Gasteiger partial charge in [0, 0.05) is 56.4 Å². The molecule has 3 heteroatoms. The molecule has 0 spiro atoms. The predicted molar refractivity (Wildman–Crippen MR) is 198 cm³/mol. The molecule has 0 saturated heterocycles. The molecule has 0 saturated carbocycles. The van der Waals surface area contributed by atoms with Crippen LogP contribution in [0, 0.1) is 0 Å². The fourth-order valence-electron chi connectivity index (χ4n) is 7.05. The van der Waals surface area contributed by atoms with E-state index in [1.807, 2.05) is 0 Å². The van der Waals surface area contributed by atoms with E-state index in [9.17, 15) is 0 Å². The van der Waals surface area contributed by atoms with Crippen molar-refractivity contribution in [2.24, 2.45) is 0 Å². The quantitative estimate of drug-likeness (QED) is 0.185. The molecule has 2 heterocycles. The normalized spacial score (nSPS) is 11.4. The molecule has 0 radical (unpaired) electrons. The van der Waals surface area contributed by atoms with Crippen LogP contribution in [0.15, 0.2) is 188 Å². The number of fused-ring (bicyclic) bond motifs is 5. The van der Waals surface area contributed by atoms with Gasteiger partial charge in [-0.1, -0.05) is 121 Å². The lowest BCUT2D eigenvalue weighted by atomic mass is 10.0. The molecular weight excluding hydrogens is 571 g/mol. The van der Waals surface area contributed by atoms with Gasteiger partial charge in [-0.15, -0.1) is 0 Å². The summed E-state index contributed by atoms with van der Waals surface area (Å²) >= 11 is 0. The summed E-state index contributed by atoms with van der Waals surface area (Å²) < 4.78 is 4.83. The van der Waals surface area contributed by atoms with Crippen LogP contribution in [0.3, 0.4) is 0 Å². The van der Waals surface area contributed by atoms with Crippen molar-refractivity contribution in [2.45, 2.75) is 0 Å². The highest BCUT2D eigenvalue weighted by Crippen LogP contribution is 2.43. The molecular formula is C44H31N3. The molecule has 0 aliphatic carbocycles. The van der Waals surface area contributed by atoms with E-state index < -0.39 is 0 Å². The monoisotopic (exact) mass is 601 g/mol. The minimum atomic E-state index is 1.10. The Hall–Kier alpha value is -6.32. The third-order valence-corrected chi connectivity index (χ3v) is 9.09. The number of anilines is 3. The second-order valence-corrected chi connectivity index (χ2v) is 11.9. The van der Waals surface area contributed by atoms with Crippen LogP contribution in [0.2, 0.25) is 0 Å². The summed E-state index contributed by atoms with van der Waals surface area (Å²) in [6.45, 7) is 0. The van der Waals surface area contributed by atoms with Gasteiger partial charge in [-0.2, -0.15) is 0 Å². The third kappa shape index (κ3) is 4.52. The Morgan fingerprint density at radius 1 is 0.383 bits per heavy atom. The molecule has 0 amide bonds. The Balaban J connectivity index is 1.37. The van der Waals surface area contributed by atoms with Gasteiger partial charge in [-0.25, -0.2) is 0 Å². The first-order valence-electron chi connectivity index (χ1n) is 16.0. The zero-order valence-corrected chi connectivity index (χ0v) is 25.7. The van der Waals surface area contributed by atoms with E-state index in [0.29, 0.717) is 0 Å². The number of aromatic nitrogens is 2. The van der Waals surface area contributed by atoms with Crippen molar-refractivity contribution >= 4 is 49.8 Å². The van der Waals surface area contributed by atoms with Crippen LogP contribution in [0.5, 0.6) is 0 Å². The molecule has 0 unspecified atom stereocenters. The molecule has 222 valence electrons. The zero-order valence-electron chi connectivity index (χ0n) is 25.7. The van der Waals surface area contributed by atoms with Crippen molar-refractivity contribution in [3.05, 3.63) is 188 Å². The standard InChI is InChI=1S/C44H31N3/c1-5-16-32(17-6-1)41-31-45(33-18-7-2-8-19-33)43-40(41)29-28-39-38-26-13-14-27-42(38)47(44(39)43)37-25-15-24-36(30-37)46(34-20-9-3-10-21-34)35-22-11-4-12-23-35/h1-31H. The van der Waals surface area contributed by atoms with Gasteiger partial charge in [0.2, 0.25) is 0 Å². The van der Waals surface area contributed by atoms with Crippen molar-refractivity contribution in [2.75, 3.05) is 4.90 Å². The maximum Gasteiger partial charge on any atom is 0.0788 e. The van der Waals surface area contributed by atoms with Crippen molar-refractivity contribution in [3.8, 4) is 22.5 Å². The van der Waals surface area contributed by atoms with Gasteiger partial charge in [0.1, 0.15) is 0 Å². The molecule has 0 fully saturated rings. The van der Waals surface area contributed by atoms with Crippen molar-refractivity contribution in [1.82, 2.24) is 9.13 Å². The average Bonchev–Trinajstić information content (AvgIpc) is 3.70. The van der Waals surface area contributed by atoms with Crippen LogP contribution in [-0.2, 0) is 0 Å². The van der Waals surface area contributed by atoms with E-state index in [1.165, 1.54) is 43.8 Å².